The average Bonchev–Trinajstić information content (AvgIpc) is 2.38. The molecule has 1 amide bonds. The third-order valence-corrected chi connectivity index (χ3v) is 2.38. The van der Waals surface area contributed by atoms with Gasteiger partial charge in [-0.15, -0.1) is 0 Å². The molecular formula is C14H13FN2O2. The summed E-state index contributed by atoms with van der Waals surface area (Å²) < 4.78 is 18.3. The maximum atomic E-state index is 13.3. The first-order valence-electron chi connectivity index (χ1n) is 5.75. The van der Waals surface area contributed by atoms with E-state index in [1.165, 1.54) is 12.1 Å². The number of anilines is 1. The van der Waals surface area contributed by atoms with Crippen LogP contribution in [0.5, 0.6) is 5.75 Å². The smallest absolute Gasteiger partial charge is 0.263 e. The van der Waals surface area contributed by atoms with E-state index in [1.54, 1.807) is 24.4 Å². The number of pyridine rings is 1. The number of amides is 1. The number of para-hydroxylation sites is 1. The van der Waals surface area contributed by atoms with E-state index in [9.17, 15) is 9.18 Å². The molecule has 1 heterocycles. The van der Waals surface area contributed by atoms with Crippen LogP contribution in [-0.4, -0.2) is 17.5 Å². The van der Waals surface area contributed by atoms with Gasteiger partial charge in [-0.25, -0.2) is 9.37 Å². The van der Waals surface area contributed by atoms with Crippen molar-refractivity contribution < 1.29 is 13.9 Å². The summed E-state index contributed by atoms with van der Waals surface area (Å²) >= 11 is 0. The van der Waals surface area contributed by atoms with E-state index in [2.05, 4.69) is 10.3 Å². The summed E-state index contributed by atoms with van der Waals surface area (Å²) in [7, 11) is 0. The van der Waals surface area contributed by atoms with E-state index >= 15 is 0 Å². The van der Waals surface area contributed by atoms with E-state index in [-0.39, 0.29) is 18.3 Å². The number of ether oxygens (including phenoxy) is 1. The number of halogens is 1. The number of aryl methyl sites for hydroxylation is 1. The normalized spacial score (nSPS) is 10.0. The zero-order valence-electron chi connectivity index (χ0n) is 10.4. The molecule has 0 aliphatic rings. The second-order valence-corrected chi connectivity index (χ2v) is 3.99. The molecule has 1 aromatic heterocycles. The Balaban J connectivity index is 1.90. The van der Waals surface area contributed by atoms with Crippen LogP contribution in [-0.2, 0) is 4.79 Å². The van der Waals surface area contributed by atoms with Gasteiger partial charge in [0.2, 0.25) is 0 Å². The molecule has 0 radical (unpaired) electrons. The van der Waals surface area contributed by atoms with Crippen LogP contribution in [0, 0.1) is 12.7 Å². The molecule has 2 rings (SSSR count). The predicted molar refractivity (Wildman–Crippen MR) is 69.5 cm³/mol. The SMILES string of the molecule is Cc1ccnc(NC(=O)COc2ccccc2F)c1. The van der Waals surface area contributed by atoms with E-state index in [1.807, 2.05) is 13.0 Å². The van der Waals surface area contributed by atoms with Crippen molar-refractivity contribution in [1.29, 1.82) is 0 Å². The highest BCUT2D eigenvalue weighted by atomic mass is 19.1. The lowest BCUT2D eigenvalue weighted by Gasteiger charge is -2.07. The molecule has 0 saturated carbocycles. The third-order valence-electron chi connectivity index (χ3n) is 2.38. The minimum atomic E-state index is -0.496. The van der Waals surface area contributed by atoms with Gasteiger partial charge in [-0.05, 0) is 36.8 Å². The Bertz CT molecular complexity index is 587. The van der Waals surface area contributed by atoms with Gasteiger partial charge < -0.3 is 10.1 Å². The third kappa shape index (κ3) is 3.77. The molecule has 0 fully saturated rings. The first-order chi connectivity index (χ1) is 9.15. The highest BCUT2D eigenvalue weighted by molar-refractivity contribution is 5.90. The molecule has 2 aromatic rings. The van der Waals surface area contributed by atoms with Gasteiger partial charge in [0, 0.05) is 6.20 Å². The minimum absolute atomic E-state index is 0.0508. The Morgan fingerprint density at radius 3 is 2.89 bits per heavy atom. The number of benzene rings is 1. The van der Waals surface area contributed by atoms with Crippen LogP contribution in [0.3, 0.4) is 0 Å². The monoisotopic (exact) mass is 260 g/mol. The van der Waals surface area contributed by atoms with Gasteiger partial charge in [-0.1, -0.05) is 12.1 Å². The molecule has 1 aromatic carbocycles. The van der Waals surface area contributed by atoms with Crippen molar-refractivity contribution in [2.45, 2.75) is 6.92 Å². The summed E-state index contributed by atoms with van der Waals surface area (Å²) in [4.78, 5) is 15.6. The Kier molecular flexibility index (Phi) is 4.07. The maximum absolute atomic E-state index is 13.3. The number of nitrogens with one attached hydrogen (secondary N) is 1. The van der Waals surface area contributed by atoms with Crippen molar-refractivity contribution in [2.24, 2.45) is 0 Å². The molecule has 0 spiro atoms. The quantitative estimate of drug-likeness (QED) is 0.919. The Morgan fingerprint density at radius 2 is 2.16 bits per heavy atom. The molecule has 1 N–H and O–H groups in total. The molecular weight excluding hydrogens is 247 g/mol. The van der Waals surface area contributed by atoms with Gasteiger partial charge >= 0.3 is 0 Å². The first-order valence-corrected chi connectivity index (χ1v) is 5.75. The fourth-order valence-corrected chi connectivity index (χ4v) is 1.49. The zero-order valence-corrected chi connectivity index (χ0v) is 10.4. The Morgan fingerprint density at radius 1 is 1.37 bits per heavy atom. The molecule has 0 unspecified atom stereocenters. The highest BCUT2D eigenvalue weighted by Crippen LogP contribution is 2.15. The minimum Gasteiger partial charge on any atom is -0.481 e. The molecule has 98 valence electrons. The lowest BCUT2D eigenvalue weighted by molar-refractivity contribution is -0.118. The number of nitrogens with zero attached hydrogens (tertiary/aromatic N) is 1. The molecule has 0 bridgehead atoms. The molecule has 4 nitrogen and oxygen atoms in total. The molecule has 5 heteroatoms. The average molecular weight is 260 g/mol. The standard InChI is InChI=1S/C14H13FN2O2/c1-10-6-7-16-13(8-10)17-14(18)9-19-12-5-3-2-4-11(12)15/h2-8H,9H2,1H3,(H,16,17,18). The predicted octanol–water partition coefficient (Wildman–Crippen LogP) is 2.55. The summed E-state index contributed by atoms with van der Waals surface area (Å²) in [5.41, 5.74) is 0.986. The summed E-state index contributed by atoms with van der Waals surface area (Å²) in [5.74, 6) is -0.387. The van der Waals surface area contributed by atoms with Crippen LogP contribution in [0.25, 0.3) is 0 Å². The number of carbonyl (C=O) groups is 1. The topological polar surface area (TPSA) is 51.2 Å². The lowest BCUT2D eigenvalue weighted by atomic mass is 10.3. The van der Waals surface area contributed by atoms with Gasteiger partial charge in [0.1, 0.15) is 5.82 Å². The molecule has 19 heavy (non-hydrogen) atoms. The fraction of sp³-hybridized carbons (Fsp3) is 0.143. The van der Waals surface area contributed by atoms with Crippen molar-refractivity contribution in [1.82, 2.24) is 4.98 Å². The fourth-order valence-electron chi connectivity index (χ4n) is 1.49. The molecule has 0 atom stereocenters. The van der Waals surface area contributed by atoms with Gasteiger partial charge in [0.05, 0.1) is 0 Å². The van der Waals surface area contributed by atoms with Crippen molar-refractivity contribution in [3.05, 3.63) is 54.0 Å². The Hall–Kier alpha value is -2.43. The van der Waals surface area contributed by atoms with Crippen molar-refractivity contribution in [2.75, 3.05) is 11.9 Å². The molecule has 0 aliphatic carbocycles. The maximum Gasteiger partial charge on any atom is 0.263 e. The van der Waals surface area contributed by atoms with E-state index in [4.69, 9.17) is 4.74 Å². The summed E-state index contributed by atoms with van der Waals surface area (Å²) in [6.45, 7) is 1.63. The van der Waals surface area contributed by atoms with E-state index in [0.29, 0.717) is 5.82 Å². The van der Waals surface area contributed by atoms with Crippen LogP contribution < -0.4 is 10.1 Å². The lowest BCUT2D eigenvalue weighted by Crippen LogP contribution is -2.21. The first kappa shape index (κ1) is 13.0. The second-order valence-electron chi connectivity index (χ2n) is 3.99. The van der Waals surface area contributed by atoms with E-state index < -0.39 is 5.82 Å². The van der Waals surface area contributed by atoms with Crippen LogP contribution in [0.2, 0.25) is 0 Å². The highest BCUT2D eigenvalue weighted by Gasteiger charge is 2.07. The number of rotatable bonds is 4. The van der Waals surface area contributed by atoms with Crippen molar-refractivity contribution >= 4 is 11.7 Å². The summed E-state index contributed by atoms with van der Waals surface area (Å²) in [5, 5.41) is 2.57. The molecule has 0 aliphatic heterocycles. The van der Waals surface area contributed by atoms with E-state index in [0.717, 1.165) is 5.56 Å². The second kappa shape index (κ2) is 5.95. The van der Waals surface area contributed by atoms with Gasteiger partial charge in [0.15, 0.2) is 18.2 Å². The van der Waals surface area contributed by atoms with Gasteiger partial charge in [-0.2, -0.15) is 0 Å². The van der Waals surface area contributed by atoms with Crippen LogP contribution in [0.1, 0.15) is 5.56 Å². The largest absolute Gasteiger partial charge is 0.481 e. The number of hydrogen-bond donors (Lipinski definition) is 1. The number of aromatic nitrogens is 1. The molecule has 0 saturated heterocycles. The number of hydrogen-bond acceptors (Lipinski definition) is 3. The number of carbonyl (C=O) groups excluding carboxylic acids is 1. The van der Waals surface area contributed by atoms with Crippen LogP contribution in [0.4, 0.5) is 10.2 Å². The zero-order chi connectivity index (χ0) is 13.7. The van der Waals surface area contributed by atoms with Crippen LogP contribution >= 0.6 is 0 Å². The van der Waals surface area contributed by atoms with Crippen LogP contribution in [0.15, 0.2) is 42.6 Å². The summed E-state index contributed by atoms with van der Waals surface area (Å²) in [6.07, 6.45) is 1.60. The van der Waals surface area contributed by atoms with Gasteiger partial charge in [0.25, 0.3) is 5.91 Å². The Labute approximate surface area is 110 Å². The van der Waals surface area contributed by atoms with Gasteiger partial charge in [-0.3, -0.25) is 4.79 Å². The van der Waals surface area contributed by atoms with Crippen molar-refractivity contribution in [3.8, 4) is 5.75 Å². The summed E-state index contributed by atoms with van der Waals surface area (Å²) in [6, 6.07) is 9.49. The van der Waals surface area contributed by atoms with Crippen molar-refractivity contribution in [3.63, 3.8) is 0 Å².